The van der Waals surface area contributed by atoms with Crippen molar-refractivity contribution in [2.24, 2.45) is 14.7 Å². The van der Waals surface area contributed by atoms with E-state index in [2.05, 4.69) is 46.3 Å². The highest BCUT2D eigenvalue weighted by Gasteiger charge is 2.25. The smallest absolute Gasteiger partial charge is 0.269 e. The Bertz CT molecular complexity index is 1090. The van der Waals surface area contributed by atoms with Crippen LogP contribution < -0.4 is 10.6 Å². The van der Waals surface area contributed by atoms with Crippen LogP contribution in [0.1, 0.15) is 51.7 Å². The number of hydrogen-bond donors (Lipinski definition) is 2. The third-order valence-electron chi connectivity index (χ3n) is 4.01. The fourth-order valence-electron chi connectivity index (χ4n) is 2.58. The number of thiophene rings is 1. The van der Waals surface area contributed by atoms with Gasteiger partial charge in [0.15, 0.2) is 11.7 Å². The van der Waals surface area contributed by atoms with Crippen molar-refractivity contribution in [3.63, 3.8) is 0 Å². The standard InChI is InChI=1S/C17H20N6O3S3.C4H10/c1-4-23(5-2)28(24)17-13(8-18)14(10-27-17)20-16-15(21-29(25)22-16)19-9-12-7-6-11(3)26-12;1-4(2)3/h6-7,10H,4-5,9H2,1-3H3,(H,19,21)(H,20,22);4H,1-3H3. The van der Waals surface area contributed by atoms with Crippen LogP contribution in [0.4, 0.5) is 5.69 Å². The SMILES string of the molecule is CC(C)C.CCN(CC)S(=O)c1scc(NC2=NS(=O)N=C2NCc2ccc(C)o2)c1C#N. The van der Waals surface area contributed by atoms with Crippen molar-refractivity contribution in [1.29, 1.82) is 5.26 Å². The zero-order chi connectivity index (χ0) is 24.5. The molecule has 1 aliphatic rings. The lowest BCUT2D eigenvalue weighted by Gasteiger charge is -2.15. The number of amidine groups is 2. The summed E-state index contributed by atoms with van der Waals surface area (Å²) in [5.41, 5.74) is 0.732. The van der Waals surface area contributed by atoms with Gasteiger partial charge in [0.1, 0.15) is 38.3 Å². The largest absolute Gasteiger partial charge is 0.465 e. The van der Waals surface area contributed by atoms with Crippen molar-refractivity contribution >= 4 is 50.9 Å². The molecule has 0 radical (unpaired) electrons. The number of aryl methyl sites for hydroxylation is 1. The van der Waals surface area contributed by atoms with Crippen molar-refractivity contribution < 1.29 is 12.8 Å². The van der Waals surface area contributed by atoms with Gasteiger partial charge in [0.05, 0.1) is 12.2 Å². The first kappa shape index (κ1) is 26.9. The molecule has 0 fully saturated rings. The number of nitriles is 1. The lowest BCUT2D eigenvalue weighted by Crippen LogP contribution is -2.33. The molecule has 2 unspecified atom stereocenters. The molecule has 1 aliphatic heterocycles. The quantitative estimate of drug-likeness (QED) is 0.577. The first-order valence-corrected chi connectivity index (χ1v) is 13.6. The van der Waals surface area contributed by atoms with Gasteiger partial charge in [-0.2, -0.15) is 5.26 Å². The normalized spacial score (nSPS) is 16.0. The van der Waals surface area contributed by atoms with Crippen molar-refractivity contribution in [1.82, 2.24) is 9.62 Å². The average molecular weight is 511 g/mol. The molecule has 33 heavy (non-hydrogen) atoms. The summed E-state index contributed by atoms with van der Waals surface area (Å²) >= 11 is -0.524. The van der Waals surface area contributed by atoms with Crippen LogP contribution in [-0.4, -0.2) is 37.5 Å². The lowest BCUT2D eigenvalue weighted by molar-refractivity contribution is 0.478. The Balaban J connectivity index is 0.000000890. The summed E-state index contributed by atoms with van der Waals surface area (Å²) in [5.74, 6) is 2.88. The Labute approximate surface area is 204 Å². The van der Waals surface area contributed by atoms with Gasteiger partial charge in [-0.15, -0.1) is 20.1 Å². The number of anilines is 1. The highest BCUT2D eigenvalue weighted by molar-refractivity contribution is 7.85. The maximum atomic E-state index is 12.8. The monoisotopic (exact) mass is 510 g/mol. The van der Waals surface area contributed by atoms with E-state index in [4.69, 9.17) is 4.42 Å². The van der Waals surface area contributed by atoms with Crippen LogP contribution in [0.25, 0.3) is 0 Å². The minimum absolute atomic E-state index is 0.251. The summed E-state index contributed by atoms with van der Waals surface area (Å²) in [5, 5.41) is 17.4. The molecule has 9 nitrogen and oxygen atoms in total. The van der Waals surface area contributed by atoms with Crippen LogP contribution in [0.3, 0.4) is 0 Å². The van der Waals surface area contributed by atoms with Gasteiger partial charge in [0, 0.05) is 18.5 Å². The molecule has 180 valence electrons. The Morgan fingerprint density at radius 3 is 2.42 bits per heavy atom. The highest BCUT2D eigenvalue weighted by Crippen LogP contribution is 2.31. The number of rotatable bonds is 7. The lowest BCUT2D eigenvalue weighted by atomic mass is 10.3. The summed E-state index contributed by atoms with van der Waals surface area (Å²) in [7, 11) is -1.43. The molecule has 2 aromatic heterocycles. The Morgan fingerprint density at radius 2 is 1.88 bits per heavy atom. The maximum absolute atomic E-state index is 12.8. The molecule has 0 amide bonds. The Morgan fingerprint density at radius 1 is 1.24 bits per heavy atom. The van der Waals surface area contributed by atoms with Crippen molar-refractivity contribution in [2.45, 2.75) is 52.3 Å². The van der Waals surface area contributed by atoms with E-state index in [1.807, 2.05) is 32.9 Å². The predicted molar refractivity (Wildman–Crippen MR) is 136 cm³/mol. The van der Waals surface area contributed by atoms with Gasteiger partial charge < -0.3 is 15.1 Å². The van der Waals surface area contributed by atoms with Crippen LogP contribution in [0.5, 0.6) is 0 Å². The van der Waals surface area contributed by atoms with E-state index >= 15 is 0 Å². The zero-order valence-electron chi connectivity index (χ0n) is 19.7. The molecular formula is C21H30N6O3S3. The fraction of sp³-hybridized carbons (Fsp3) is 0.476. The van der Waals surface area contributed by atoms with E-state index < -0.39 is 22.2 Å². The van der Waals surface area contributed by atoms with Crippen LogP contribution in [0.15, 0.2) is 34.9 Å². The molecule has 0 spiro atoms. The van der Waals surface area contributed by atoms with Gasteiger partial charge in [0.2, 0.25) is 0 Å². The van der Waals surface area contributed by atoms with Crippen LogP contribution in [-0.2, 0) is 28.7 Å². The molecule has 2 atom stereocenters. The minimum Gasteiger partial charge on any atom is -0.465 e. The van der Waals surface area contributed by atoms with Gasteiger partial charge >= 0.3 is 0 Å². The molecule has 2 N–H and O–H groups in total. The molecule has 0 aromatic carbocycles. The van der Waals surface area contributed by atoms with E-state index in [1.165, 1.54) is 11.3 Å². The number of hydrogen-bond acceptors (Lipinski definition) is 7. The van der Waals surface area contributed by atoms with Crippen molar-refractivity contribution in [3.8, 4) is 6.07 Å². The summed E-state index contributed by atoms with van der Waals surface area (Å²) in [6.45, 7) is 13.7. The van der Waals surface area contributed by atoms with E-state index in [9.17, 15) is 13.7 Å². The second-order valence-corrected chi connectivity index (χ2v) is 11.0. The number of nitrogens with zero attached hydrogens (tertiary/aromatic N) is 4. The van der Waals surface area contributed by atoms with E-state index in [0.717, 1.165) is 11.7 Å². The van der Waals surface area contributed by atoms with Crippen molar-refractivity contribution in [2.75, 3.05) is 18.4 Å². The predicted octanol–water partition coefficient (Wildman–Crippen LogP) is 4.14. The third-order valence-corrected chi connectivity index (χ3v) is 7.68. The first-order chi connectivity index (χ1) is 15.7. The van der Waals surface area contributed by atoms with Gasteiger partial charge in [-0.1, -0.05) is 34.6 Å². The second-order valence-electron chi connectivity index (χ2n) is 7.62. The molecule has 0 saturated carbocycles. The van der Waals surface area contributed by atoms with E-state index in [-0.39, 0.29) is 11.4 Å². The van der Waals surface area contributed by atoms with E-state index in [1.54, 1.807) is 9.69 Å². The van der Waals surface area contributed by atoms with E-state index in [0.29, 0.717) is 41.1 Å². The zero-order valence-corrected chi connectivity index (χ0v) is 22.1. The average Bonchev–Trinajstić information content (AvgIpc) is 3.45. The molecule has 0 saturated heterocycles. The van der Waals surface area contributed by atoms with Crippen LogP contribution >= 0.6 is 11.3 Å². The summed E-state index contributed by atoms with van der Waals surface area (Å²) in [4.78, 5) is 0. The fourth-order valence-corrected chi connectivity index (χ4v) is 5.72. The molecule has 3 rings (SSSR count). The topological polar surface area (TPSA) is 123 Å². The number of nitrogens with one attached hydrogen (secondary N) is 2. The van der Waals surface area contributed by atoms with Crippen LogP contribution in [0, 0.1) is 24.2 Å². The first-order valence-electron chi connectivity index (χ1n) is 10.5. The summed E-state index contributed by atoms with van der Waals surface area (Å²) in [6, 6.07) is 5.79. The molecule has 0 bridgehead atoms. The van der Waals surface area contributed by atoms with Crippen LogP contribution in [0.2, 0.25) is 0 Å². The molecule has 0 aliphatic carbocycles. The van der Waals surface area contributed by atoms with Gasteiger partial charge in [-0.25, -0.2) is 12.7 Å². The van der Waals surface area contributed by atoms with Gasteiger partial charge in [-0.3, -0.25) is 0 Å². The van der Waals surface area contributed by atoms with Gasteiger partial charge in [-0.05, 0) is 25.0 Å². The third kappa shape index (κ3) is 7.60. The molecule has 2 aromatic rings. The summed E-state index contributed by atoms with van der Waals surface area (Å²) in [6.07, 6.45) is 0. The minimum atomic E-state index is -1.76. The summed E-state index contributed by atoms with van der Waals surface area (Å²) < 4.78 is 40.2. The molecule has 12 heteroatoms. The molecule has 3 heterocycles. The Hall–Kier alpha value is -2.33. The van der Waals surface area contributed by atoms with Gasteiger partial charge in [0.25, 0.3) is 11.2 Å². The Kier molecular flexibility index (Phi) is 10.4. The van der Waals surface area contributed by atoms with Crippen molar-refractivity contribution in [3.05, 3.63) is 34.6 Å². The molecular weight excluding hydrogens is 480 g/mol. The number of furan rings is 1. The second kappa shape index (κ2) is 12.8. The maximum Gasteiger partial charge on any atom is 0.269 e. The highest BCUT2D eigenvalue weighted by atomic mass is 32.2.